The fraction of sp³-hybridized carbons (Fsp3) is 0.111. The molecule has 126 valence electrons. The molecular weight excluding hydrogens is 382 g/mol. The van der Waals surface area contributed by atoms with Crippen molar-refractivity contribution in [3.05, 3.63) is 76.3 Å². The third-order valence-corrected chi connectivity index (χ3v) is 3.97. The predicted octanol–water partition coefficient (Wildman–Crippen LogP) is 3.62. The van der Waals surface area contributed by atoms with Gasteiger partial charge in [-0.25, -0.2) is 9.97 Å². The van der Waals surface area contributed by atoms with Crippen molar-refractivity contribution in [1.82, 2.24) is 20.3 Å². The molecule has 0 aliphatic carbocycles. The van der Waals surface area contributed by atoms with Crippen LogP contribution in [0.5, 0.6) is 0 Å². The molecule has 0 atom stereocenters. The van der Waals surface area contributed by atoms with Gasteiger partial charge in [-0.05, 0) is 48.9 Å². The minimum absolute atomic E-state index is 0.274. The summed E-state index contributed by atoms with van der Waals surface area (Å²) in [5.74, 6) is 0.0968. The zero-order valence-electron chi connectivity index (χ0n) is 13.5. The van der Waals surface area contributed by atoms with Crippen molar-refractivity contribution in [2.45, 2.75) is 13.5 Å². The van der Waals surface area contributed by atoms with Gasteiger partial charge in [0.1, 0.15) is 5.69 Å². The van der Waals surface area contributed by atoms with Gasteiger partial charge in [-0.2, -0.15) is 0 Å². The molecule has 3 rings (SSSR count). The van der Waals surface area contributed by atoms with E-state index in [2.05, 4.69) is 41.5 Å². The van der Waals surface area contributed by atoms with Crippen LogP contribution in [0.2, 0.25) is 0 Å². The van der Waals surface area contributed by atoms with Gasteiger partial charge in [0, 0.05) is 22.6 Å². The van der Waals surface area contributed by atoms with Crippen LogP contribution in [-0.2, 0) is 6.54 Å². The summed E-state index contributed by atoms with van der Waals surface area (Å²) in [6.07, 6.45) is 3.24. The summed E-state index contributed by atoms with van der Waals surface area (Å²) < 4.78 is 0.999. The van der Waals surface area contributed by atoms with Gasteiger partial charge in [0.25, 0.3) is 5.91 Å². The number of amides is 1. The number of hydrogen-bond acceptors (Lipinski definition) is 5. The Morgan fingerprint density at radius 3 is 2.76 bits per heavy atom. The molecule has 1 aromatic carbocycles. The third kappa shape index (κ3) is 4.60. The number of nitrogens with one attached hydrogen (secondary N) is 2. The Balaban J connectivity index is 1.69. The second-order valence-electron chi connectivity index (χ2n) is 5.35. The molecule has 2 heterocycles. The molecule has 0 aliphatic rings. The lowest BCUT2D eigenvalue weighted by Crippen LogP contribution is -2.24. The number of carbonyl (C=O) groups is 1. The molecule has 3 aromatic rings. The maximum Gasteiger partial charge on any atom is 0.270 e. The van der Waals surface area contributed by atoms with Crippen LogP contribution in [0.15, 0.2) is 59.3 Å². The number of aromatic nitrogens is 3. The first-order valence-corrected chi connectivity index (χ1v) is 8.45. The van der Waals surface area contributed by atoms with Crippen molar-refractivity contribution < 1.29 is 4.79 Å². The number of pyridine rings is 1. The third-order valence-electron chi connectivity index (χ3n) is 3.48. The van der Waals surface area contributed by atoms with Crippen molar-refractivity contribution in [2.24, 2.45) is 0 Å². The number of aryl methyl sites for hydroxylation is 1. The Morgan fingerprint density at radius 1 is 1.12 bits per heavy atom. The quantitative estimate of drug-likeness (QED) is 0.687. The molecule has 0 fully saturated rings. The summed E-state index contributed by atoms with van der Waals surface area (Å²) in [5, 5.41) is 5.93. The molecule has 25 heavy (non-hydrogen) atoms. The highest BCUT2D eigenvalue weighted by Gasteiger charge is 2.09. The van der Waals surface area contributed by atoms with E-state index in [9.17, 15) is 4.79 Å². The van der Waals surface area contributed by atoms with Gasteiger partial charge < -0.3 is 10.6 Å². The Bertz CT molecular complexity index is 886. The van der Waals surface area contributed by atoms with Crippen LogP contribution in [0.4, 0.5) is 11.6 Å². The van der Waals surface area contributed by atoms with Crippen LogP contribution >= 0.6 is 15.9 Å². The van der Waals surface area contributed by atoms with E-state index in [0.717, 1.165) is 21.4 Å². The van der Waals surface area contributed by atoms with Gasteiger partial charge >= 0.3 is 0 Å². The highest BCUT2D eigenvalue weighted by Crippen LogP contribution is 2.22. The molecule has 0 saturated heterocycles. The summed E-state index contributed by atoms with van der Waals surface area (Å²) in [7, 11) is 0. The summed E-state index contributed by atoms with van der Waals surface area (Å²) in [4.78, 5) is 24.9. The van der Waals surface area contributed by atoms with Crippen LogP contribution in [0.25, 0.3) is 0 Å². The smallest absolute Gasteiger partial charge is 0.270 e. The lowest BCUT2D eigenvalue weighted by atomic mass is 10.2. The summed E-state index contributed by atoms with van der Waals surface area (Å²) >= 11 is 3.43. The van der Waals surface area contributed by atoms with E-state index in [1.165, 1.54) is 0 Å². The molecular formula is C18H16BrN5O. The number of benzene rings is 1. The van der Waals surface area contributed by atoms with Gasteiger partial charge in [-0.15, -0.1) is 0 Å². The SMILES string of the molecule is Cc1cc(Br)ccc1Nc1nccc(C(=O)NCc2ccccn2)n1. The minimum atomic E-state index is -0.274. The Labute approximate surface area is 153 Å². The van der Waals surface area contributed by atoms with Crippen LogP contribution in [0.1, 0.15) is 21.7 Å². The van der Waals surface area contributed by atoms with E-state index in [1.54, 1.807) is 18.5 Å². The fourth-order valence-corrected chi connectivity index (χ4v) is 2.67. The number of halogens is 1. The molecule has 6 nitrogen and oxygen atoms in total. The average Bonchev–Trinajstić information content (AvgIpc) is 2.63. The molecule has 0 radical (unpaired) electrons. The molecule has 7 heteroatoms. The molecule has 0 unspecified atom stereocenters. The number of hydrogen-bond donors (Lipinski definition) is 2. The molecule has 2 N–H and O–H groups in total. The highest BCUT2D eigenvalue weighted by atomic mass is 79.9. The molecule has 0 spiro atoms. The van der Waals surface area contributed by atoms with Crippen LogP contribution in [0, 0.1) is 6.92 Å². The maximum absolute atomic E-state index is 12.3. The predicted molar refractivity (Wildman–Crippen MR) is 99.6 cm³/mol. The second kappa shape index (κ2) is 7.85. The monoisotopic (exact) mass is 397 g/mol. The van der Waals surface area contributed by atoms with Crippen molar-refractivity contribution in [3.63, 3.8) is 0 Å². The van der Waals surface area contributed by atoms with Gasteiger partial charge in [0.15, 0.2) is 0 Å². The molecule has 2 aromatic heterocycles. The first-order valence-electron chi connectivity index (χ1n) is 7.66. The van der Waals surface area contributed by atoms with Crippen molar-refractivity contribution in [3.8, 4) is 0 Å². The standard InChI is InChI=1S/C18H16BrN5O/c1-12-10-13(19)5-6-15(12)23-18-21-9-7-16(24-18)17(25)22-11-14-4-2-3-8-20-14/h2-10H,11H2,1H3,(H,22,25)(H,21,23,24). The van der Waals surface area contributed by atoms with E-state index in [1.807, 2.05) is 43.3 Å². The molecule has 0 saturated carbocycles. The first-order chi connectivity index (χ1) is 12.1. The largest absolute Gasteiger partial charge is 0.345 e. The van der Waals surface area contributed by atoms with Crippen LogP contribution in [0.3, 0.4) is 0 Å². The van der Waals surface area contributed by atoms with Crippen LogP contribution in [-0.4, -0.2) is 20.9 Å². The second-order valence-corrected chi connectivity index (χ2v) is 6.27. The summed E-state index contributed by atoms with van der Waals surface area (Å²) in [5.41, 5.74) is 3.01. The van der Waals surface area contributed by atoms with E-state index < -0.39 is 0 Å². The van der Waals surface area contributed by atoms with E-state index in [0.29, 0.717) is 18.2 Å². The topological polar surface area (TPSA) is 79.8 Å². The Hall–Kier alpha value is -2.80. The number of carbonyl (C=O) groups excluding carboxylic acids is 1. The van der Waals surface area contributed by atoms with Crippen molar-refractivity contribution >= 4 is 33.5 Å². The van der Waals surface area contributed by atoms with Gasteiger partial charge in [-0.1, -0.05) is 22.0 Å². The normalized spacial score (nSPS) is 10.3. The van der Waals surface area contributed by atoms with E-state index in [-0.39, 0.29) is 5.91 Å². The number of nitrogens with zero attached hydrogens (tertiary/aromatic N) is 3. The fourth-order valence-electron chi connectivity index (χ4n) is 2.20. The maximum atomic E-state index is 12.3. The summed E-state index contributed by atoms with van der Waals surface area (Å²) in [6, 6.07) is 13.0. The number of rotatable bonds is 5. The highest BCUT2D eigenvalue weighted by molar-refractivity contribution is 9.10. The first kappa shape index (κ1) is 17.0. The van der Waals surface area contributed by atoms with Crippen LogP contribution < -0.4 is 10.6 Å². The Kier molecular flexibility index (Phi) is 5.35. The van der Waals surface area contributed by atoms with Gasteiger partial charge in [0.05, 0.1) is 12.2 Å². The molecule has 0 aliphatic heterocycles. The zero-order chi connectivity index (χ0) is 17.6. The average molecular weight is 398 g/mol. The minimum Gasteiger partial charge on any atom is -0.345 e. The Morgan fingerprint density at radius 2 is 2.00 bits per heavy atom. The lowest BCUT2D eigenvalue weighted by Gasteiger charge is -2.09. The van der Waals surface area contributed by atoms with E-state index >= 15 is 0 Å². The van der Waals surface area contributed by atoms with Gasteiger partial charge in [0.2, 0.25) is 5.95 Å². The molecule has 0 bridgehead atoms. The van der Waals surface area contributed by atoms with Crippen molar-refractivity contribution in [1.29, 1.82) is 0 Å². The lowest BCUT2D eigenvalue weighted by molar-refractivity contribution is 0.0945. The van der Waals surface area contributed by atoms with E-state index in [4.69, 9.17) is 0 Å². The number of anilines is 2. The molecule has 1 amide bonds. The zero-order valence-corrected chi connectivity index (χ0v) is 15.1. The summed E-state index contributed by atoms with van der Waals surface area (Å²) in [6.45, 7) is 2.33. The van der Waals surface area contributed by atoms with Crippen molar-refractivity contribution in [2.75, 3.05) is 5.32 Å². The van der Waals surface area contributed by atoms with Gasteiger partial charge in [-0.3, -0.25) is 9.78 Å².